The maximum Gasteiger partial charge on any atom is 0.254 e. The Kier molecular flexibility index (Phi) is 2.52. The molecule has 2 aliphatic rings. The van der Waals surface area contributed by atoms with Gasteiger partial charge in [-0.05, 0) is 41.3 Å². The molecule has 0 aromatic heterocycles. The van der Waals surface area contributed by atoms with Crippen LogP contribution < -0.4 is 0 Å². The van der Waals surface area contributed by atoms with E-state index < -0.39 is 0 Å². The molecule has 4 rings (SSSR count). The Balaban J connectivity index is 1.99. The number of fused-ring (bicyclic) bond motifs is 5. The summed E-state index contributed by atoms with van der Waals surface area (Å²) >= 11 is 6.15. The number of hydrogen-bond donors (Lipinski definition) is 0. The highest BCUT2D eigenvalue weighted by Gasteiger charge is 2.51. The monoisotopic (exact) mass is 297 g/mol. The van der Waals surface area contributed by atoms with Crippen LogP contribution in [-0.2, 0) is 11.8 Å². The molecule has 0 unspecified atom stereocenters. The van der Waals surface area contributed by atoms with Crippen molar-refractivity contribution in [1.29, 1.82) is 0 Å². The summed E-state index contributed by atoms with van der Waals surface area (Å²) < 4.78 is 0. The molecule has 3 heteroatoms. The van der Waals surface area contributed by atoms with E-state index in [1.54, 1.807) is 0 Å². The molecule has 2 aromatic rings. The minimum Gasteiger partial charge on any atom is -0.334 e. The lowest BCUT2D eigenvalue weighted by Crippen LogP contribution is -2.46. The fourth-order valence-corrected chi connectivity index (χ4v) is 4.38. The lowest BCUT2D eigenvalue weighted by Gasteiger charge is -2.44. The molecule has 0 saturated carbocycles. The van der Waals surface area contributed by atoms with Crippen LogP contribution in [0.2, 0.25) is 5.02 Å². The van der Waals surface area contributed by atoms with Crippen molar-refractivity contribution in [3.8, 4) is 0 Å². The number of halogens is 1. The van der Waals surface area contributed by atoms with Gasteiger partial charge in [0.25, 0.3) is 5.91 Å². The summed E-state index contributed by atoms with van der Waals surface area (Å²) in [6.45, 7) is 2.26. The molecule has 2 aromatic carbocycles. The molecular weight excluding hydrogens is 282 g/mol. The molecule has 0 saturated heterocycles. The third-order valence-corrected chi connectivity index (χ3v) is 5.28. The first kappa shape index (κ1) is 12.9. The smallest absolute Gasteiger partial charge is 0.254 e. The van der Waals surface area contributed by atoms with Gasteiger partial charge in [0, 0.05) is 23.0 Å². The molecule has 0 bridgehead atoms. The van der Waals surface area contributed by atoms with Crippen LogP contribution in [0.1, 0.15) is 40.0 Å². The first-order valence-corrected chi connectivity index (χ1v) is 7.55. The van der Waals surface area contributed by atoms with E-state index >= 15 is 0 Å². The molecule has 1 aliphatic carbocycles. The summed E-state index contributed by atoms with van der Waals surface area (Å²) in [5, 5.41) is 0.762. The molecule has 21 heavy (non-hydrogen) atoms. The SMILES string of the molecule is CN1C(=O)c2ccccc2[C@@]2(C)Cc3cc(Cl)ccc3[C@@H]12. The Hall–Kier alpha value is -1.80. The summed E-state index contributed by atoms with van der Waals surface area (Å²) in [7, 11) is 1.91. The van der Waals surface area contributed by atoms with Gasteiger partial charge in [-0.25, -0.2) is 0 Å². The Bertz CT molecular complexity index is 770. The average molecular weight is 298 g/mol. The van der Waals surface area contributed by atoms with Gasteiger partial charge >= 0.3 is 0 Å². The van der Waals surface area contributed by atoms with Gasteiger partial charge in [0.1, 0.15) is 0 Å². The lowest BCUT2D eigenvalue weighted by molar-refractivity contribution is 0.0615. The summed E-state index contributed by atoms with van der Waals surface area (Å²) in [5.74, 6) is 0.107. The van der Waals surface area contributed by atoms with Crippen molar-refractivity contribution in [2.45, 2.75) is 24.8 Å². The van der Waals surface area contributed by atoms with E-state index in [1.807, 2.05) is 42.3 Å². The Morgan fingerprint density at radius 1 is 1.24 bits per heavy atom. The zero-order chi connectivity index (χ0) is 14.8. The predicted molar refractivity (Wildman–Crippen MR) is 83.8 cm³/mol. The highest BCUT2D eigenvalue weighted by atomic mass is 35.5. The van der Waals surface area contributed by atoms with Gasteiger partial charge in [0.05, 0.1) is 6.04 Å². The van der Waals surface area contributed by atoms with E-state index in [-0.39, 0.29) is 17.4 Å². The van der Waals surface area contributed by atoms with Gasteiger partial charge in [-0.2, -0.15) is 0 Å². The number of carbonyl (C=O) groups is 1. The van der Waals surface area contributed by atoms with Gasteiger partial charge in [0.2, 0.25) is 0 Å². The number of benzene rings is 2. The standard InChI is InChI=1S/C18H16ClNO/c1-18-10-11-9-12(19)7-8-13(11)16(18)20(2)17(21)14-5-3-4-6-15(14)18/h3-9,16H,10H2,1-2H3/t16-,18-/m1/s1. The Morgan fingerprint density at radius 2 is 2.00 bits per heavy atom. The zero-order valence-corrected chi connectivity index (χ0v) is 12.8. The number of likely N-dealkylation sites (N-methyl/N-ethyl adjacent to an activating group) is 1. The molecule has 1 heterocycles. The van der Waals surface area contributed by atoms with E-state index in [4.69, 9.17) is 11.6 Å². The van der Waals surface area contributed by atoms with E-state index in [2.05, 4.69) is 19.1 Å². The molecule has 0 radical (unpaired) electrons. The predicted octanol–water partition coefficient (Wildman–Crippen LogP) is 3.98. The second-order valence-corrected chi connectivity index (χ2v) is 6.74. The fraction of sp³-hybridized carbons (Fsp3) is 0.278. The maximum absolute atomic E-state index is 12.7. The molecule has 0 N–H and O–H groups in total. The van der Waals surface area contributed by atoms with Gasteiger partial charge in [0.15, 0.2) is 0 Å². The van der Waals surface area contributed by atoms with Crippen LogP contribution in [0.5, 0.6) is 0 Å². The number of nitrogens with zero attached hydrogens (tertiary/aromatic N) is 1. The highest BCUT2D eigenvalue weighted by Crippen LogP contribution is 2.54. The summed E-state index contributed by atoms with van der Waals surface area (Å²) in [4.78, 5) is 14.6. The molecule has 106 valence electrons. The van der Waals surface area contributed by atoms with E-state index in [0.29, 0.717) is 0 Å². The van der Waals surface area contributed by atoms with Crippen molar-refractivity contribution >= 4 is 17.5 Å². The maximum atomic E-state index is 12.7. The number of hydrogen-bond acceptors (Lipinski definition) is 1. The van der Waals surface area contributed by atoms with Gasteiger partial charge < -0.3 is 4.90 Å². The minimum absolute atomic E-state index is 0.0771. The topological polar surface area (TPSA) is 20.3 Å². The summed E-state index contributed by atoms with van der Waals surface area (Å²) in [5.41, 5.74) is 4.40. The molecular formula is C18H16ClNO. The third kappa shape index (κ3) is 1.57. The van der Waals surface area contributed by atoms with Crippen LogP contribution in [0.4, 0.5) is 0 Å². The van der Waals surface area contributed by atoms with Crippen molar-refractivity contribution in [2.75, 3.05) is 7.05 Å². The van der Waals surface area contributed by atoms with Crippen LogP contribution >= 0.6 is 11.6 Å². The Morgan fingerprint density at radius 3 is 2.81 bits per heavy atom. The molecule has 2 nitrogen and oxygen atoms in total. The second kappa shape index (κ2) is 4.11. The van der Waals surface area contributed by atoms with Crippen molar-refractivity contribution < 1.29 is 4.79 Å². The fourth-order valence-electron chi connectivity index (χ4n) is 4.18. The average Bonchev–Trinajstić information content (AvgIpc) is 2.77. The number of amides is 1. The number of rotatable bonds is 0. The minimum atomic E-state index is -0.0771. The van der Waals surface area contributed by atoms with Crippen LogP contribution in [0.3, 0.4) is 0 Å². The molecule has 0 spiro atoms. The first-order valence-electron chi connectivity index (χ1n) is 7.17. The summed E-state index contributed by atoms with van der Waals surface area (Å²) in [6.07, 6.45) is 0.919. The molecule has 1 aliphatic heterocycles. The summed E-state index contributed by atoms with van der Waals surface area (Å²) in [6, 6.07) is 14.1. The van der Waals surface area contributed by atoms with Crippen molar-refractivity contribution in [3.63, 3.8) is 0 Å². The Labute approximate surface area is 129 Å². The second-order valence-electron chi connectivity index (χ2n) is 6.30. The number of carbonyl (C=O) groups excluding carboxylic acids is 1. The van der Waals surface area contributed by atoms with E-state index in [0.717, 1.165) is 22.6 Å². The van der Waals surface area contributed by atoms with Crippen molar-refractivity contribution in [2.24, 2.45) is 0 Å². The van der Waals surface area contributed by atoms with Gasteiger partial charge in [-0.1, -0.05) is 42.8 Å². The third-order valence-electron chi connectivity index (χ3n) is 5.04. The molecule has 1 amide bonds. The van der Waals surface area contributed by atoms with Crippen LogP contribution in [0.15, 0.2) is 42.5 Å². The van der Waals surface area contributed by atoms with Crippen LogP contribution in [-0.4, -0.2) is 17.9 Å². The van der Waals surface area contributed by atoms with E-state index in [9.17, 15) is 4.79 Å². The van der Waals surface area contributed by atoms with Crippen LogP contribution in [0.25, 0.3) is 0 Å². The zero-order valence-electron chi connectivity index (χ0n) is 12.1. The van der Waals surface area contributed by atoms with Crippen molar-refractivity contribution in [1.82, 2.24) is 4.90 Å². The van der Waals surface area contributed by atoms with Crippen LogP contribution in [0, 0.1) is 0 Å². The highest BCUT2D eigenvalue weighted by molar-refractivity contribution is 6.30. The normalized spacial score (nSPS) is 26.3. The quantitative estimate of drug-likeness (QED) is 0.720. The van der Waals surface area contributed by atoms with Gasteiger partial charge in [-0.3, -0.25) is 4.79 Å². The first-order chi connectivity index (χ1) is 10.0. The van der Waals surface area contributed by atoms with Gasteiger partial charge in [-0.15, -0.1) is 0 Å². The van der Waals surface area contributed by atoms with Crippen molar-refractivity contribution in [3.05, 3.63) is 69.7 Å². The molecule has 0 fully saturated rings. The van der Waals surface area contributed by atoms with E-state index in [1.165, 1.54) is 11.1 Å². The largest absolute Gasteiger partial charge is 0.334 e. The molecule has 2 atom stereocenters. The lowest BCUT2D eigenvalue weighted by atomic mass is 9.71.